The second-order valence-corrected chi connectivity index (χ2v) is 6.36. The standard InChI is InChI=1S/C14H24N2O/c1-2-14(3-4-14)12(17)16-10-7-13(11-16)5-8-15-9-6-13/h15H,2-11H2,1H3. The van der Waals surface area contributed by atoms with Crippen LogP contribution in [0.4, 0.5) is 0 Å². The quantitative estimate of drug-likeness (QED) is 0.792. The summed E-state index contributed by atoms with van der Waals surface area (Å²) in [5, 5.41) is 3.43. The molecule has 1 aliphatic carbocycles. The van der Waals surface area contributed by atoms with Gasteiger partial charge in [-0.05, 0) is 57.0 Å². The molecule has 3 heteroatoms. The van der Waals surface area contributed by atoms with Crippen molar-refractivity contribution in [3.8, 4) is 0 Å². The molecule has 0 radical (unpaired) electrons. The van der Waals surface area contributed by atoms with E-state index in [2.05, 4.69) is 17.1 Å². The Morgan fingerprint density at radius 2 is 1.88 bits per heavy atom. The van der Waals surface area contributed by atoms with Crippen molar-refractivity contribution in [2.45, 2.75) is 45.4 Å². The van der Waals surface area contributed by atoms with Crippen LogP contribution in [0.2, 0.25) is 0 Å². The summed E-state index contributed by atoms with van der Waals surface area (Å²) in [7, 11) is 0. The Morgan fingerprint density at radius 3 is 2.47 bits per heavy atom. The fourth-order valence-corrected chi connectivity index (χ4v) is 3.68. The van der Waals surface area contributed by atoms with Crippen molar-refractivity contribution < 1.29 is 4.79 Å². The van der Waals surface area contributed by atoms with Gasteiger partial charge in [0.05, 0.1) is 0 Å². The van der Waals surface area contributed by atoms with Crippen molar-refractivity contribution in [3.05, 3.63) is 0 Å². The van der Waals surface area contributed by atoms with Gasteiger partial charge >= 0.3 is 0 Å². The highest BCUT2D eigenvalue weighted by Gasteiger charge is 2.52. The second kappa shape index (κ2) is 3.98. The Hall–Kier alpha value is -0.570. The molecule has 0 aromatic rings. The molecule has 0 aromatic carbocycles. The van der Waals surface area contributed by atoms with E-state index < -0.39 is 0 Å². The molecule has 0 aromatic heterocycles. The number of carbonyl (C=O) groups excluding carboxylic acids is 1. The molecular weight excluding hydrogens is 212 g/mol. The number of piperidine rings is 1. The molecule has 2 heterocycles. The van der Waals surface area contributed by atoms with E-state index in [0.717, 1.165) is 45.4 Å². The highest BCUT2D eigenvalue weighted by atomic mass is 16.2. The number of hydrogen-bond acceptors (Lipinski definition) is 2. The summed E-state index contributed by atoms with van der Waals surface area (Å²) in [5.74, 6) is 0.468. The normalized spacial score (nSPS) is 29.6. The van der Waals surface area contributed by atoms with E-state index in [4.69, 9.17) is 0 Å². The van der Waals surface area contributed by atoms with Crippen LogP contribution < -0.4 is 5.32 Å². The minimum absolute atomic E-state index is 0.0679. The van der Waals surface area contributed by atoms with Crippen LogP contribution in [0, 0.1) is 10.8 Å². The van der Waals surface area contributed by atoms with Crippen molar-refractivity contribution in [1.82, 2.24) is 10.2 Å². The van der Waals surface area contributed by atoms with Crippen molar-refractivity contribution >= 4 is 5.91 Å². The van der Waals surface area contributed by atoms with Gasteiger partial charge in [-0.25, -0.2) is 0 Å². The highest BCUT2D eigenvalue weighted by Crippen LogP contribution is 2.51. The molecule has 3 aliphatic rings. The monoisotopic (exact) mass is 236 g/mol. The lowest BCUT2D eigenvalue weighted by atomic mass is 9.78. The Labute approximate surface area is 104 Å². The van der Waals surface area contributed by atoms with Gasteiger partial charge in [0.15, 0.2) is 0 Å². The number of amides is 1. The van der Waals surface area contributed by atoms with Gasteiger partial charge in [0.2, 0.25) is 5.91 Å². The fraction of sp³-hybridized carbons (Fsp3) is 0.929. The highest BCUT2D eigenvalue weighted by molar-refractivity contribution is 5.85. The number of likely N-dealkylation sites (tertiary alicyclic amines) is 1. The van der Waals surface area contributed by atoms with Gasteiger partial charge in [0, 0.05) is 18.5 Å². The minimum atomic E-state index is 0.0679. The smallest absolute Gasteiger partial charge is 0.228 e. The van der Waals surface area contributed by atoms with Crippen LogP contribution in [-0.4, -0.2) is 37.0 Å². The molecule has 3 nitrogen and oxygen atoms in total. The van der Waals surface area contributed by atoms with Gasteiger partial charge < -0.3 is 10.2 Å². The predicted molar refractivity (Wildman–Crippen MR) is 67.7 cm³/mol. The van der Waals surface area contributed by atoms with Gasteiger partial charge in [-0.3, -0.25) is 4.79 Å². The van der Waals surface area contributed by atoms with E-state index in [1.165, 1.54) is 19.3 Å². The van der Waals surface area contributed by atoms with Crippen molar-refractivity contribution in [1.29, 1.82) is 0 Å². The largest absolute Gasteiger partial charge is 0.342 e. The van der Waals surface area contributed by atoms with E-state index >= 15 is 0 Å². The van der Waals surface area contributed by atoms with E-state index in [9.17, 15) is 4.79 Å². The first-order chi connectivity index (χ1) is 8.20. The Balaban J connectivity index is 1.65. The fourth-order valence-electron chi connectivity index (χ4n) is 3.68. The predicted octanol–water partition coefficient (Wildman–Crippen LogP) is 1.78. The number of hydrogen-bond donors (Lipinski definition) is 1. The van der Waals surface area contributed by atoms with Gasteiger partial charge in [-0.2, -0.15) is 0 Å². The molecule has 1 N–H and O–H groups in total. The third kappa shape index (κ3) is 1.88. The maximum atomic E-state index is 12.5. The van der Waals surface area contributed by atoms with Gasteiger partial charge in [0.25, 0.3) is 0 Å². The SMILES string of the molecule is CCC1(C(=O)N2CCC3(CCNCC3)C2)CC1. The maximum Gasteiger partial charge on any atom is 0.228 e. The summed E-state index contributed by atoms with van der Waals surface area (Å²) >= 11 is 0. The Kier molecular flexibility index (Phi) is 2.69. The third-order valence-corrected chi connectivity index (χ3v) is 5.37. The lowest BCUT2D eigenvalue weighted by molar-refractivity contribution is -0.136. The topological polar surface area (TPSA) is 32.3 Å². The zero-order valence-corrected chi connectivity index (χ0v) is 10.9. The van der Waals surface area contributed by atoms with Crippen LogP contribution in [0.25, 0.3) is 0 Å². The first-order valence-corrected chi connectivity index (χ1v) is 7.20. The molecule has 17 heavy (non-hydrogen) atoms. The molecule has 1 spiro atoms. The summed E-state index contributed by atoms with van der Waals surface area (Å²) < 4.78 is 0. The van der Waals surface area contributed by atoms with E-state index in [-0.39, 0.29) is 5.41 Å². The first kappa shape index (κ1) is 11.5. The number of carbonyl (C=O) groups is 1. The van der Waals surface area contributed by atoms with Gasteiger partial charge in [-0.1, -0.05) is 6.92 Å². The number of rotatable bonds is 2. The van der Waals surface area contributed by atoms with E-state index in [0.29, 0.717) is 11.3 Å². The summed E-state index contributed by atoms with van der Waals surface area (Å²) in [6, 6.07) is 0. The Morgan fingerprint density at radius 1 is 1.18 bits per heavy atom. The number of nitrogens with one attached hydrogen (secondary N) is 1. The molecule has 3 fully saturated rings. The minimum Gasteiger partial charge on any atom is -0.342 e. The second-order valence-electron chi connectivity index (χ2n) is 6.36. The summed E-state index contributed by atoms with van der Waals surface area (Å²) in [6.45, 7) is 6.50. The van der Waals surface area contributed by atoms with Gasteiger partial charge in [0.1, 0.15) is 0 Å². The molecule has 3 rings (SSSR count). The zero-order valence-electron chi connectivity index (χ0n) is 10.9. The van der Waals surface area contributed by atoms with E-state index in [1.54, 1.807) is 0 Å². The van der Waals surface area contributed by atoms with Crippen molar-refractivity contribution in [2.24, 2.45) is 10.8 Å². The molecular formula is C14H24N2O. The van der Waals surface area contributed by atoms with Crippen LogP contribution >= 0.6 is 0 Å². The molecule has 96 valence electrons. The molecule has 0 bridgehead atoms. The third-order valence-electron chi connectivity index (χ3n) is 5.37. The summed E-state index contributed by atoms with van der Waals surface area (Å²) in [4.78, 5) is 14.7. The Bertz CT molecular complexity index is 316. The molecule has 1 amide bonds. The van der Waals surface area contributed by atoms with Crippen LogP contribution in [0.5, 0.6) is 0 Å². The zero-order chi connectivity index (χ0) is 11.9. The van der Waals surface area contributed by atoms with Crippen molar-refractivity contribution in [3.63, 3.8) is 0 Å². The molecule has 0 unspecified atom stereocenters. The van der Waals surface area contributed by atoms with Crippen molar-refractivity contribution in [2.75, 3.05) is 26.2 Å². The lowest BCUT2D eigenvalue weighted by Crippen LogP contribution is -2.41. The first-order valence-electron chi connectivity index (χ1n) is 7.20. The molecule has 2 saturated heterocycles. The van der Waals surface area contributed by atoms with Crippen LogP contribution in [0.3, 0.4) is 0 Å². The molecule has 1 saturated carbocycles. The lowest BCUT2D eigenvalue weighted by Gasteiger charge is -2.34. The maximum absolute atomic E-state index is 12.5. The van der Waals surface area contributed by atoms with Crippen LogP contribution in [-0.2, 0) is 4.79 Å². The summed E-state index contributed by atoms with van der Waals surface area (Å²) in [5.41, 5.74) is 0.531. The molecule has 2 aliphatic heterocycles. The van der Waals surface area contributed by atoms with Crippen LogP contribution in [0.1, 0.15) is 45.4 Å². The van der Waals surface area contributed by atoms with E-state index in [1.807, 2.05) is 0 Å². The van der Waals surface area contributed by atoms with Gasteiger partial charge in [-0.15, -0.1) is 0 Å². The summed E-state index contributed by atoms with van der Waals surface area (Å²) in [6.07, 6.45) is 7.06. The van der Waals surface area contributed by atoms with Crippen LogP contribution in [0.15, 0.2) is 0 Å². The number of nitrogens with zero attached hydrogens (tertiary/aromatic N) is 1. The average Bonchev–Trinajstić information content (AvgIpc) is 3.08. The molecule has 0 atom stereocenters. The average molecular weight is 236 g/mol.